The van der Waals surface area contributed by atoms with Crippen LogP contribution in [-0.2, 0) is 0 Å². The second kappa shape index (κ2) is 21.0. The molecular weight excluding hydrogens is 1160 g/mol. The lowest BCUT2D eigenvalue weighted by Crippen LogP contribution is -2.64. The molecule has 0 aliphatic carbocycles. The van der Waals surface area contributed by atoms with Crippen LogP contribution in [0.1, 0.15) is 0 Å². The summed E-state index contributed by atoms with van der Waals surface area (Å²) in [6, 6.07) is 118. The van der Waals surface area contributed by atoms with Crippen LogP contribution in [0.25, 0.3) is 0 Å². The van der Waals surface area contributed by atoms with Crippen molar-refractivity contribution < 1.29 is 14.2 Å². The molecular formula is C84H54B2N6O3. The largest absolute Gasteiger partial charge is 0.458 e. The molecule has 444 valence electrons. The number of hydrogen-bond acceptors (Lipinski definition) is 9. The van der Waals surface area contributed by atoms with Gasteiger partial charge in [0.2, 0.25) is 0 Å². The number of nitrogens with zero attached hydrogens (tertiary/aromatic N) is 6. The number of rotatable bonds is 9. The van der Waals surface area contributed by atoms with Crippen LogP contribution in [0.4, 0.5) is 102 Å². The summed E-state index contributed by atoms with van der Waals surface area (Å²) in [5.74, 6) is 4.46. The minimum Gasteiger partial charge on any atom is -0.458 e. The Hall–Kier alpha value is -12.6. The maximum absolute atomic E-state index is 7.68. The van der Waals surface area contributed by atoms with Gasteiger partial charge in [-0.2, -0.15) is 0 Å². The predicted octanol–water partition coefficient (Wildman–Crippen LogP) is 18.8. The molecule has 0 saturated carbocycles. The topological polar surface area (TPSA) is 47.1 Å². The van der Waals surface area contributed by atoms with E-state index in [-0.39, 0.29) is 13.4 Å². The molecule has 14 aromatic rings. The van der Waals surface area contributed by atoms with Gasteiger partial charge in [-0.1, -0.05) is 170 Å². The first-order chi connectivity index (χ1) is 47.1. The van der Waals surface area contributed by atoms with Crippen molar-refractivity contribution in [2.45, 2.75) is 0 Å². The first-order valence-corrected chi connectivity index (χ1v) is 32.4. The molecule has 0 saturated heterocycles. The van der Waals surface area contributed by atoms with E-state index in [1.54, 1.807) is 0 Å². The van der Waals surface area contributed by atoms with Crippen molar-refractivity contribution in [3.05, 3.63) is 328 Å². The van der Waals surface area contributed by atoms with E-state index < -0.39 is 0 Å². The van der Waals surface area contributed by atoms with E-state index in [1.165, 1.54) is 16.4 Å². The monoisotopic (exact) mass is 1220 g/mol. The first-order valence-electron chi connectivity index (χ1n) is 32.4. The van der Waals surface area contributed by atoms with E-state index in [0.717, 1.165) is 153 Å². The molecule has 0 radical (unpaired) electrons. The SMILES string of the molecule is c1ccc(N(c2ccccc2)c2cc3c4c(c2)N(c2ccccc2)c2cc5c(cc2B4c2cc4c(cc2O3)N2c3ccccc3Oc3cccc(c32)O4)B2c3ccccc3N(c3ccccc3)c3cc(N(c4ccccc4)c4ccccc4)cc(c32)N5c2ccccc2)cc1. The maximum atomic E-state index is 7.68. The van der Waals surface area contributed by atoms with Crippen LogP contribution in [0, 0.1) is 0 Å². The fourth-order valence-electron chi connectivity index (χ4n) is 15.7. The average Bonchev–Trinajstić information content (AvgIpc) is 0.690. The fourth-order valence-corrected chi connectivity index (χ4v) is 15.7. The van der Waals surface area contributed by atoms with Crippen LogP contribution >= 0.6 is 0 Å². The lowest BCUT2D eigenvalue weighted by molar-refractivity contribution is 0.443. The van der Waals surface area contributed by atoms with Crippen molar-refractivity contribution in [1.29, 1.82) is 0 Å². The van der Waals surface area contributed by atoms with E-state index in [2.05, 4.69) is 327 Å². The number of para-hydroxylation sites is 11. The molecule has 9 nitrogen and oxygen atoms in total. The Morgan fingerprint density at radius 2 is 0.611 bits per heavy atom. The molecule has 6 heterocycles. The van der Waals surface area contributed by atoms with Gasteiger partial charge in [0.05, 0.1) is 22.7 Å². The number of hydrogen-bond donors (Lipinski definition) is 0. The number of benzene rings is 14. The van der Waals surface area contributed by atoms with E-state index in [4.69, 9.17) is 14.2 Å². The Bertz CT molecular complexity index is 5330. The summed E-state index contributed by atoms with van der Waals surface area (Å²) in [4.78, 5) is 14.6. The first kappa shape index (κ1) is 53.1. The highest BCUT2D eigenvalue weighted by Crippen LogP contribution is 2.61. The van der Waals surface area contributed by atoms with Crippen molar-refractivity contribution in [3.63, 3.8) is 0 Å². The third kappa shape index (κ3) is 8.12. The van der Waals surface area contributed by atoms with Crippen molar-refractivity contribution in [2.75, 3.05) is 29.4 Å². The minimum absolute atomic E-state index is 0.218. The molecule has 0 N–H and O–H groups in total. The molecule has 6 aliphatic rings. The Morgan fingerprint density at radius 3 is 1.14 bits per heavy atom. The zero-order chi connectivity index (χ0) is 62.2. The van der Waals surface area contributed by atoms with Crippen molar-refractivity contribution in [1.82, 2.24) is 0 Å². The molecule has 20 rings (SSSR count). The molecule has 0 unspecified atom stereocenters. The average molecular weight is 1220 g/mol. The Balaban J connectivity index is 0.894. The van der Waals surface area contributed by atoms with Crippen LogP contribution in [0.5, 0.6) is 34.5 Å². The molecule has 6 aliphatic heterocycles. The van der Waals surface area contributed by atoms with Crippen LogP contribution < -0.4 is 76.4 Å². The Morgan fingerprint density at radius 1 is 0.211 bits per heavy atom. The van der Waals surface area contributed by atoms with Gasteiger partial charge in [-0.3, -0.25) is 4.90 Å². The standard InChI is InChI=1S/C84H54B2N6O3/c1-8-27-55(28-9-1)87(56-29-10-2-11-30-56)62-47-73-82-74(48-62)90(60-37-18-6-19-38-60)70-53-71-66(51-65(70)85(82)64-41-22-23-42-68(64)89(73)59-35-16-5-17-36-59)86-67-52-80-72(92-69-43-24-25-44-76(69)93-77-45-26-46-78(94-80)84(77)92)54-79(67)95-81-50-63(49-75(83(81)86)91(71)61-39-20-7-21-40-61)88(57-31-12-3-13-32-57)58-33-14-4-15-34-58/h1-54H. The second-order valence-corrected chi connectivity index (χ2v) is 24.8. The summed E-state index contributed by atoms with van der Waals surface area (Å²) >= 11 is 0. The van der Waals surface area contributed by atoms with E-state index in [1.807, 2.05) is 30.3 Å². The highest BCUT2D eigenvalue weighted by atomic mass is 16.5. The third-order valence-corrected chi connectivity index (χ3v) is 19.5. The molecule has 0 atom stereocenters. The zero-order valence-corrected chi connectivity index (χ0v) is 51.2. The maximum Gasteiger partial charge on any atom is 0.256 e. The van der Waals surface area contributed by atoms with Crippen LogP contribution in [0.15, 0.2) is 328 Å². The van der Waals surface area contributed by atoms with E-state index >= 15 is 0 Å². The highest BCUT2D eigenvalue weighted by Gasteiger charge is 2.49. The summed E-state index contributed by atoms with van der Waals surface area (Å²) in [5, 5.41) is 0. The molecule has 95 heavy (non-hydrogen) atoms. The molecule has 0 amide bonds. The Kier molecular flexibility index (Phi) is 11.7. The lowest BCUT2D eigenvalue weighted by atomic mass is 9.30. The van der Waals surface area contributed by atoms with Crippen molar-refractivity contribution in [2.24, 2.45) is 0 Å². The van der Waals surface area contributed by atoms with Gasteiger partial charge in [-0.05, 0) is 178 Å². The van der Waals surface area contributed by atoms with Crippen LogP contribution in [0.2, 0.25) is 0 Å². The smallest absolute Gasteiger partial charge is 0.256 e. The molecule has 14 aromatic carbocycles. The predicted molar refractivity (Wildman–Crippen MR) is 391 cm³/mol. The minimum atomic E-state index is -0.350. The van der Waals surface area contributed by atoms with Crippen molar-refractivity contribution in [3.8, 4) is 34.5 Å². The molecule has 0 fully saturated rings. The molecule has 0 bridgehead atoms. The number of ether oxygens (including phenoxy) is 3. The fraction of sp³-hybridized carbons (Fsp3) is 0. The Labute approximate surface area is 551 Å². The van der Waals surface area contributed by atoms with Gasteiger partial charge in [0.25, 0.3) is 13.4 Å². The van der Waals surface area contributed by atoms with Gasteiger partial charge >= 0.3 is 0 Å². The zero-order valence-electron chi connectivity index (χ0n) is 51.2. The molecule has 0 spiro atoms. The number of fused-ring (bicyclic) bond motifs is 12. The summed E-state index contributed by atoms with van der Waals surface area (Å²) in [7, 11) is 0. The summed E-state index contributed by atoms with van der Waals surface area (Å²) in [6.07, 6.45) is 0. The summed E-state index contributed by atoms with van der Waals surface area (Å²) < 4.78 is 21.5. The van der Waals surface area contributed by atoms with Crippen LogP contribution in [0.3, 0.4) is 0 Å². The summed E-state index contributed by atoms with van der Waals surface area (Å²) in [6.45, 7) is -0.568. The lowest BCUT2D eigenvalue weighted by Gasteiger charge is -2.47. The van der Waals surface area contributed by atoms with E-state index in [0.29, 0.717) is 0 Å². The van der Waals surface area contributed by atoms with Crippen molar-refractivity contribution >= 4 is 149 Å². The molecule has 11 heteroatoms. The van der Waals surface area contributed by atoms with Gasteiger partial charge in [-0.15, -0.1) is 0 Å². The highest BCUT2D eigenvalue weighted by molar-refractivity contribution is 7.02. The second-order valence-electron chi connectivity index (χ2n) is 24.8. The van der Waals surface area contributed by atoms with E-state index in [9.17, 15) is 0 Å². The number of anilines is 18. The quantitative estimate of drug-likeness (QED) is 0.132. The van der Waals surface area contributed by atoms with Gasteiger partial charge in [0.15, 0.2) is 23.0 Å². The van der Waals surface area contributed by atoms with Gasteiger partial charge in [-0.25, -0.2) is 0 Å². The molecule has 0 aromatic heterocycles. The summed E-state index contributed by atoms with van der Waals surface area (Å²) in [5.41, 5.74) is 25.3. The van der Waals surface area contributed by atoms with Gasteiger partial charge < -0.3 is 38.7 Å². The third-order valence-electron chi connectivity index (χ3n) is 19.5. The van der Waals surface area contributed by atoms with Crippen LogP contribution in [-0.4, -0.2) is 13.4 Å². The normalized spacial score (nSPS) is 13.4. The van der Waals surface area contributed by atoms with Gasteiger partial charge in [0.1, 0.15) is 17.2 Å². The van der Waals surface area contributed by atoms with Gasteiger partial charge in [0, 0.05) is 86.1 Å².